The summed E-state index contributed by atoms with van der Waals surface area (Å²) < 4.78 is 0. The summed E-state index contributed by atoms with van der Waals surface area (Å²) in [5, 5.41) is 13.4. The molecule has 0 aromatic heterocycles. The molecule has 0 radical (unpaired) electrons. The molecule has 0 spiro atoms. The first-order valence-corrected chi connectivity index (χ1v) is 8.78. The molecule has 3 rings (SSSR count). The molecule has 0 bridgehead atoms. The highest BCUT2D eigenvalue weighted by Gasteiger charge is 2.47. The molecule has 0 aromatic carbocycles. The molecule has 4 nitrogen and oxygen atoms in total. The van der Waals surface area contributed by atoms with E-state index in [2.05, 4.69) is 35.0 Å². The van der Waals surface area contributed by atoms with E-state index in [1.54, 1.807) is 0 Å². The van der Waals surface area contributed by atoms with Gasteiger partial charge in [0.15, 0.2) is 0 Å². The lowest BCUT2D eigenvalue weighted by Gasteiger charge is -2.34. The first-order valence-electron chi connectivity index (χ1n) is 8.78. The van der Waals surface area contributed by atoms with E-state index in [1.165, 1.54) is 45.2 Å². The average molecular weight is 290 g/mol. The third-order valence-electron chi connectivity index (χ3n) is 5.40. The van der Waals surface area contributed by atoms with E-state index in [4.69, 9.17) is 0 Å². The first-order chi connectivity index (χ1) is 10.1. The Hall–Kier alpha value is -0.630. The van der Waals surface area contributed by atoms with Crippen LogP contribution in [-0.4, -0.2) is 60.1 Å². The van der Waals surface area contributed by atoms with E-state index in [1.807, 2.05) is 0 Å². The van der Waals surface area contributed by atoms with Crippen molar-refractivity contribution in [1.82, 2.24) is 15.1 Å². The standard InChI is InChI=1S/C17H30N4/c1-14(2)19-17(12-18,15-5-6-15)13-20-10-7-16(11-20)21-8-3-4-9-21/h14-16,19H,3-11,13H2,1-2H3. The Kier molecular flexibility index (Phi) is 4.54. The van der Waals surface area contributed by atoms with Crippen LogP contribution in [0.15, 0.2) is 0 Å². The quantitative estimate of drug-likeness (QED) is 0.810. The molecule has 0 amide bonds. The summed E-state index contributed by atoms with van der Waals surface area (Å²) in [5.41, 5.74) is -0.311. The van der Waals surface area contributed by atoms with Gasteiger partial charge in [-0.15, -0.1) is 0 Å². The van der Waals surface area contributed by atoms with Crippen molar-refractivity contribution < 1.29 is 0 Å². The highest BCUT2D eigenvalue weighted by molar-refractivity contribution is 5.17. The molecule has 3 fully saturated rings. The molecular weight excluding hydrogens is 260 g/mol. The second-order valence-electron chi connectivity index (χ2n) is 7.58. The Morgan fingerprint density at radius 2 is 1.90 bits per heavy atom. The van der Waals surface area contributed by atoms with Crippen LogP contribution in [0.4, 0.5) is 0 Å². The van der Waals surface area contributed by atoms with Crippen molar-refractivity contribution >= 4 is 0 Å². The van der Waals surface area contributed by atoms with Crippen LogP contribution in [0.1, 0.15) is 46.0 Å². The normalized spacial score (nSPS) is 30.7. The average Bonchev–Trinajstić information content (AvgIpc) is 2.99. The largest absolute Gasteiger partial charge is 0.299 e. The summed E-state index contributed by atoms with van der Waals surface area (Å²) in [5.74, 6) is 0.565. The Bertz CT molecular complexity index is 392. The van der Waals surface area contributed by atoms with Crippen molar-refractivity contribution in [3.63, 3.8) is 0 Å². The summed E-state index contributed by atoms with van der Waals surface area (Å²) in [7, 11) is 0. The van der Waals surface area contributed by atoms with E-state index in [9.17, 15) is 5.26 Å². The Labute approximate surface area is 129 Å². The summed E-state index contributed by atoms with van der Waals surface area (Å²) in [6.45, 7) is 10.1. The van der Waals surface area contributed by atoms with Gasteiger partial charge < -0.3 is 0 Å². The smallest absolute Gasteiger partial charge is 0.122 e. The fraction of sp³-hybridized carbons (Fsp3) is 0.941. The van der Waals surface area contributed by atoms with Crippen molar-refractivity contribution in [2.75, 3.05) is 32.7 Å². The zero-order chi connectivity index (χ0) is 14.9. The zero-order valence-electron chi connectivity index (χ0n) is 13.6. The van der Waals surface area contributed by atoms with Gasteiger partial charge in [-0.05, 0) is 71.5 Å². The van der Waals surface area contributed by atoms with Crippen LogP contribution >= 0.6 is 0 Å². The third-order valence-corrected chi connectivity index (χ3v) is 5.40. The van der Waals surface area contributed by atoms with E-state index in [0.29, 0.717) is 12.0 Å². The van der Waals surface area contributed by atoms with Crippen LogP contribution in [0.25, 0.3) is 0 Å². The molecule has 21 heavy (non-hydrogen) atoms. The van der Waals surface area contributed by atoms with Crippen LogP contribution < -0.4 is 5.32 Å². The van der Waals surface area contributed by atoms with Crippen LogP contribution in [0, 0.1) is 17.2 Å². The minimum atomic E-state index is -0.311. The van der Waals surface area contributed by atoms with Gasteiger partial charge in [-0.1, -0.05) is 0 Å². The van der Waals surface area contributed by atoms with Crippen LogP contribution in [0.3, 0.4) is 0 Å². The van der Waals surface area contributed by atoms with Gasteiger partial charge in [0.25, 0.3) is 0 Å². The monoisotopic (exact) mass is 290 g/mol. The molecule has 2 atom stereocenters. The number of nitrogens with one attached hydrogen (secondary N) is 1. The molecule has 2 aliphatic heterocycles. The number of nitrogens with zero attached hydrogens (tertiary/aromatic N) is 3. The SMILES string of the molecule is CC(C)NC(C#N)(CN1CCC(N2CCCC2)C1)C1CC1. The number of rotatable bonds is 6. The van der Waals surface area contributed by atoms with Crippen LogP contribution in [0.5, 0.6) is 0 Å². The van der Waals surface area contributed by atoms with Gasteiger partial charge in [-0.2, -0.15) is 5.26 Å². The van der Waals surface area contributed by atoms with Gasteiger partial charge in [0, 0.05) is 25.2 Å². The third kappa shape index (κ3) is 3.41. The second-order valence-corrected chi connectivity index (χ2v) is 7.58. The summed E-state index contributed by atoms with van der Waals surface area (Å²) >= 11 is 0. The molecule has 1 aliphatic carbocycles. The number of hydrogen-bond donors (Lipinski definition) is 1. The Morgan fingerprint density at radius 1 is 1.19 bits per heavy atom. The maximum Gasteiger partial charge on any atom is 0.122 e. The molecule has 2 heterocycles. The molecule has 118 valence electrons. The molecule has 1 N–H and O–H groups in total. The van der Waals surface area contributed by atoms with Crippen LogP contribution in [0.2, 0.25) is 0 Å². The van der Waals surface area contributed by atoms with Crippen molar-refractivity contribution in [2.24, 2.45) is 5.92 Å². The number of nitriles is 1. The van der Waals surface area contributed by atoms with Crippen molar-refractivity contribution in [2.45, 2.75) is 63.6 Å². The number of hydrogen-bond acceptors (Lipinski definition) is 4. The summed E-state index contributed by atoms with van der Waals surface area (Å²) in [4.78, 5) is 5.21. The lowest BCUT2D eigenvalue weighted by Crippen LogP contribution is -2.56. The van der Waals surface area contributed by atoms with Gasteiger partial charge in [0.05, 0.1) is 6.07 Å². The van der Waals surface area contributed by atoms with E-state index in [0.717, 1.165) is 25.7 Å². The minimum Gasteiger partial charge on any atom is -0.299 e. The second kappa shape index (κ2) is 6.24. The van der Waals surface area contributed by atoms with Crippen molar-refractivity contribution in [1.29, 1.82) is 5.26 Å². The fourth-order valence-electron chi connectivity index (χ4n) is 4.26. The molecule has 0 aromatic rings. The van der Waals surface area contributed by atoms with E-state index >= 15 is 0 Å². The van der Waals surface area contributed by atoms with Gasteiger partial charge in [-0.3, -0.25) is 15.1 Å². The predicted octanol–water partition coefficient (Wildman–Crippen LogP) is 1.83. The van der Waals surface area contributed by atoms with Gasteiger partial charge >= 0.3 is 0 Å². The Morgan fingerprint density at radius 3 is 2.48 bits per heavy atom. The lowest BCUT2D eigenvalue weighted by atomic mass is 9.93. The van der Waals surface area contributed by atoms with Crippen molar-refractivity contribution in [3.8, 4) is 6.07 Å². The fourth-order valence-corrected chi connectivity index (χ4v) is 4.26. The van der Waals surface area contributed by atoms with E-state index in [-0.39, 0.29) is 5.54 Å². The van der Waals surface area contributed by atoms with Crippen molar-refractivity contribution in [3.05, 3.63) is 0 Å². The maximum absolute atomic E-state index is 9.82. The van der Waals surface area contributed by atoms with Crippen LogP contribution in [-0.2, 0) is 0 Å². The van der Waals surface area contributed by atoms with Gasteiger partial charge in [0.2, 0.25) is 0 Å². The molecule has 1 saturated carbocycles. The number of likely N-dealkylation sites (tertiary alicyclic amines) is 2. The van der Waals surface area contributed by atoms with E-state index < -0.39 is 0 Å². The summed E-state index contributed by atoms with van der Waals surface area (Å²) in [6.07, 6.45) is 6.46. The highest BCUT2D eigenvalue weighted by atomic mass is 15.3. The minimum absolute atomic E-state index is 0.311. The summed E-state index contributed by atoms with van der Waals surface area (Å²) in [6, 6.07) is 3.77. The molecule has 4 heteroatoms. The highest BCUT2D eigenvalue weighted by Crippen LogP contribution is 2.40. The Balaban J connectivity index is 1.60. The first kappa shape index (κ1) is 15.3. The predicted molar refractivity (Wildman–Crippen MR) is 85.0 cm³/mol. The molecule has 2 saturated heterocycles. The molecular formula is C17H30N4. The maximum atomic E-state index is 9.82. The lowest BCUT2D eigenvalue weighted by molar-refractivity contribution is 0.192. The molecule has 2 unspecified atom stereocenters. The van der Waals surface area contributed by atoms with Gasteiger partial charge in [0.1, 0.15) is 5.54 Å². The van der Waals surface area contributed by atoms with Gasteiger partial charge in [-0.25, -0.2) is 0 Å². The zero-order valence-corrected chi connectivity index (χ0v) is 13.6. The molecule has 3 aliphatic rings. The topological polar surface area (TPSA) is 42.3 Å².